The van der Waals surface area contributed by atoms with Crippen LogP contribution in [0.3, 0.4) is 0 Å². The lowest BCUT2D eigenvalue weighted by atomic mass is 10.0. The maximum Gasteiger partial charge on any atom is 0.228 e. The number of aliphatic imine (C=N–C) groups is 1. The number of nitrogens with one attached hydrogen (secondary N) is 2. The van der Waals surface area contributed by atoms with E-state index in [2.05, 4.69) is 46.4 Å². The van der Waals surface area contributed by atoms with Gasteiger partial charge in [-0.3, -0.25) is 4.99 Å². The summed E-state index contributed by atoms with van der Waals surface area (Å²) in [6.07, 6.45) is 8.70. The molecule has 0 aromatic carbocycles. The summed E-state index contributed by atoms with van der Waals surface area (Å²) in [7, 11) is 0. The molecule has 1 aliphatic heterocycles. The van der Waals surface area contributed by atoms with Crippen molar-refractivity contribution in [3.8, 4) is 0 Å². The lowest BCUT2D eigenvalue weighted by Crippen LogP contribution is -2.50. The maximum atomic E-state index is 5.30. The van der Waals surface area contributed by atoms with Crippen LogP contribution < -0.4 is 10.6 Å². The number of aromatic nitrogens is 2. The Morgan fingerprint density at radius 3 is 2.54 bits per heavy atom. The summed E-state index contributed by atoms with van der Waals surface area (Å²) >= 11 is 0. The third-order valence-corrected chi connectivity index (χ3v) is 5.65. The molecule has 0 spiro atoms. The molecule has 2 aliphatic rings. The Kier molecular flexibility index (Phi) is 9.98. The van der Waals surface area contributed by atoms with E-state index in [0.717, 1.165) is 24.4 Å². The Bertz CT molecular complexity index is 591. The summed E-state index contributed by atoms with van der Waals surface area (Å²) in [6.45, 7) is 10.2. The number of hydrogen-bond acceptors (Lipinski definition) is 5. The van der Waals surface area contributed by atoms with Crippen LogP contribution in [0.25, 0.3) is 0 Å². The molecule has 1 aromatic rings. The van der Waals surface area contributed by atoms with E-state index in [1.54, 1.807) is 0 Å². The first-order valence-corrected chi connectivity index (χ1v) is 10.8. The van der Waals surface area contributed by atoms with Gasteiger partial charge in [-0.1, -0.05) is 31.8 Å². The predicted octanol–water partition coefficient (Wildman–Crippen LogP) is 3.32. The van der Waals surface area contributed by atoms with Gasteiger partial charge in [-0.15, -0.1) is 24.0 Å². The van der Waals surface area contributed by atoms with Crippen molar-refractivity contribution in [3.63, 3.8) is 0 Å². The quantitative estimate of drug-likeness (QED) is 0.337. The molecule has 0 radical (unpaired) electrons. The number of halogens is 1. The molecular weight excluding hydrogens is 467 g/mol. The minimum Gasteiger partial charge on any atom is -0.357 e. The summed E-state index contributed by atoms with van der Waals surface area (Å²) < 4.78 is 5.30. The first-order chi connectivity index (χ1) is 13.2. The Balaban J connectivity index is 0.00000280. The fraction of sp³-hybridized carbons (Fsp3) is 0.850. The zero-order valence-electron chi connectivity index (χ0n) is 17.6. The number of piperidine rings is 1. The molecule has 1 aromatic heterocycles. The minimum absolute atomic E-state index is 0. The van der Waals surface area contributed by atoms with Gasteiger partial charge in [-0.25, -0.2) is 0 Å². The second-order valence-corrected chi connectivity index (χ2v) is 8.10. The zero-order chi connectivity index (χ0) is 19.1. The minimum atomic E-state index is 0. The highest BCUT2D eigenvalue weighted by Gasteiger charge is 2.27. The molecule has 3 rings (SSSR count). The number of rotatable bonds is 7. The number of nitrogens with zero attached hydrogens (tertiary/aromatic N) is 4. The highest BCUT2D eigenvalue weighted by Crippen LogP contribution is 2.26. The SMILES string of the molecule is CCNC(=NCCc1nc(C(C)C)no1)NC1CCN(C2CCCC2)CC1.I. The first-order valence-electron chi connectivity index (χ1n) is 10.8. The molecule has 0 bridgehead atoms. The van der Waals surface area contributed by atoms with Gasteiger partial charge in [0.1, 0.15) is 0 Å². The molecule has 2 fully saturated rings. The maximum absolute atomic E-state index is 5.30. The molecule has 1 saturated heterocycles. The smallest absolute Gasteiger partial charge is 0.228 e. The summed E-state index contributed by atoms with van der Waals surface area (Å²) in [4.78, 5) is 11.8. The van der Waals surface area contributed by atoms with E-state index >= 15 is 0 Å². The van der Waals surface area contributed by atoms with Crippen LogP contribution >= 0.6 is 24.0 Å². The van der Waals surface area contributed by atoms with Gasteiger partial charge >= 0.3 is 0 Å². The molecular formula is C20H37IN6O. The van der Waals surface area contributed by atoms with Crippen LogP contribution in [0.5, 0.6) is 0 Å². The van der Waals surface area contributed by atoms with Crippen LogP contribution in [0.1, 0.15) is 76.9 Å². The number of hydrogen-bond donors (Lipinski definition) is 2. The monoisotopic (exact) mass is 504 g/mol. The Morgan fingerprint density at radius 1 is 1.21 bits per heavy atom. The van der Waals surface area contributed by atoms with E-state index < -0.39 is 0 Å². The molecule has 28 heavy (non-hydrogen) atoms. The normalized spacial score (nSPS) is 19.8. The van der Waals surface area contributed by atoms with Crippen LogP contribution in [0.15, 0.2) is 9.52 Å². The van der Waals surface area contributed by atoms with Crippen LogP contribution in [-0.2, 0) is 6.42 Å². The van der Waals surface area contributed by atoms with Crippen molar-refractivity contribution in [2.24, 2.45) is 4.99 Å². The van der Waals surface area contributed by atoms with Crippen LogP contribution in [0.2, 0.25) is 0 Å². The van der Waals surface area contributed by atoms with Crippen molar-refractivity contribution in [2.45, 2.75) is 83.7 Å². The molecule has 0 amide bonds. The van der Waals surface area contributed by atoms with Gasteiger partial charge in [0.15, 0.2) is 11.8 Å². The van der Waals surface area contributed by atoms with Gasteiger partial charge in [0.05, 0.1) is 6.54 Å². The molecule has 1 aliphatic carbocycles. The summed E-state index contributed by atoms with van der Waals surface area (Å²) in [5, 5.41) is 11.0. The molecule has 7 nitrogen and oxygen atoms in total. The van der Waals surface area contributed by atoms with Gasteiger partial charge in [0.2, 0.25) is 5.89 Å². The van der Waals surface area contributed by atoms with Gasteiger partial charge in [-0.05, 0) is 32.6 Å². The van der Waals surface area contributed by atoms with Crippen molar-refractivity contribution in [1.29, 1.82) is 0 Å². The van der Waals surface area contributed by atoms with Gasteiger partial charge in [-0.2, -0.15) is 4.98 Å². The molecule has 160 valence electrons. The van der Waals surface area contributed by atoms with Crippen molar-refractivity contribution in [2.75, 3.05) is 26.2 Å². The van der Waals surface area contributed by atoms with Gasteiger partial charge < -0.3 is 20.1 Å². The summed E-state index contributed by atoms with van der Waals surface area (Å²) in [5.74, 6) is 2.64. The first kappa shape index (κ1) is 23.4. The van der Waals surface area contributed by atoms with Gasteiger partial charge in [0, 0.05) is 44.1 Å². The topological polar surface area (TPSA) is 78.6 Å². The predicted molar refractivity (Wildman–Crippen MR) is 123 cm³/mol. The van der Waals surface area contributed by atoms with Crippen molar-refractivity contribution in [3.05, 3.63) is 11.7 Å². The molecule has 2 N–H and O–H groups in total. The summed E-state index contributed by atoms with van der Waals surface area (Å²) in [6, 6.07) is 1.36. The van der Waals surface area contributed by atoms with Crippen LogP contribution in [-0.4, -0.2) is 59.3 Å². The van der Waals surface area contributed by atoms with Crippen LogP contribution in [0.4, 0.5) is 0 Å². The van der Waals surface area contributed by atoms with Crippen molar-refractivity contribution in [1.82, 2.24) is 25.7 Å². The highest BCUT2D eigenvalue weighted by atomic mass is 127. The molecule has 1 saturated carbocycles. The number of likely N-dealkylation sites (tertiary alicyclic amines) is 1. The second-order valence-electron chi connectivity index (χ2n) is 8.10. The highest BCUT2D eigenvalue weighted by molar-refractivity contribution is 14.0. The number of guanidine groups is 1. The average Bonchev–Trinajstić information content (AvgIpc) is 3.35. The molecule has 8 heteroatoms. The average molecular weight is 504 g/mol. The van der Waals surface area contributed by atoms with Crippen LogP contribution in [0, 0.1) is 0 Å². The Morgan fingerprint density at radius 2 is 1.93 bits per heavy atom. The van der Waals surface area contributed by atoms with E-state index in [0.29, 0.717) is 30.8 Å². The van der Waals surface area contributed by atoms with Gasteiger partial charge in [0.25, 0.3) is 0 Å². The third kappa shape index (κ3) is 6.86. The van der Waals surface area contributed by atoms with Crippen molar-refractivity contribution < 1.29 is 4.52 Å². The standard InChI is InChI=1S/C20H36N6O.HI/c1-4-21-20(22-12-9-18-24-19(15(2)3)25-27-18)23-16-10-13-26(14-11-16)17-7-5-6-8-17;/h15-17H,4-14H2,1-3H3,(H2,21,22,23);1H. The third-order valence-electron chi connectivity index (χ3n) is 5.65. The fourth-order valence-electron chi connectivity index (χ4n) is 4.06. The largest absolute Gasteiger partial charge is 0.357 e. The van der Waals surface area contributed by atoms with Crippen molar-refractivity contribution >= 4 is 29.9 Å². The molecule has 0 unspecified atom stereocenters. The summed E-state index contributed by atoms with van der Waals surface area (Å²) in [5.41, 5.74) is 0. The van der Waals surface area contributed by atoms with E-state index in [4.69, 9.17) is 9.52 Å². The Hall–Kier alpha value is -0.900. The Labute approximate surface area is 186 Å². The second kappa shape index (κ2) is 11.9. The molecule has 0 atom stereocenters. The zero-order valence-corrected chi connectivity index (χ0v) is 19.9. The van der Waals surface area contributed by atoms with E-state index in [-0.39, 0.29) is 24.0 Å². The lowest BCUT2D eigenvalue weighted by molar-refractivity contribution is 0.150. The van der Waals surface area contributed by atoms with E-state index in [1.165, 1.54) is 51.6 Å². The molecule has 2 heterocycles. The van der Waals surface area contributed by atoms with E-state index in [1.807, 2.05) is 0 Å². The van der Waals surface area contributed by atoms with E-state index in [9.17, 15) is 0 Å². The fourth-order valence-corrected chi connectivity index (χ4v) is 4.06. The lowest BCUT2D eigenvalue weighted by Gasteiger charge is -2.36.